The minimum atomic E-state index is -0.458. The van der Waals surface area contributed by atoms with Gasteiger partial charge in [0, 0.05) is 21.0 Å². The van der Waals surface area contributed by atoms with E-state index in [4.69, 9.17) is 23.2 Å². The van der Waals surface area contributed by atoms with Gasteiger partial charge < -0.3 is 5.32 Å². The number of thiazole rings is 1. The number of anilines is 1. The molecular formula is C19H14Cl2N2OS. The van der Waals surface area contributed by atoms with Gasteiger partial charge in [-0.05, 0) is 36.6 Å². The van der Waals surface area contributed by atoms with Crippen molar-refractivity contribution in [3.8, 4) is 11.3 Å². The Balaban J connectivity index is 1.54. The van der Waals surface area contributed by atoms with Gasteiger partial charge in [0.05, 0.1) is 11.1 Å². The second kappa shape index (κ2) is 6.45. The van der Waals surface area contributed by atoms with Crippen LogP contribution in [-0.4, -0.2) is 10.9 Å². The third-order valence-corrected chi connectivity index (χ3v) is 5.80. The zero-order valence-corrected chi connectivity index (χ0v) is 15.5. The van der Waals surface area contributed by atoms with Gasteiger partial charge in [-0.15, -0.1) is 11.3 Å². The fraction of sp³-hybridized carbons (Fsp3) is 0.158. The van der Waals surface area contributed by atoms with Gasteiger partial charge in [0.15, 0.2) is 5.13 Å². The number of hydrogen-bond acceptors (Lipinski definition) is 3. The Morgan fingerprint density at radius 2 is 1.80 bits per heavy atom. The summed E-state index contributed by atoms with van der Waals surface area (Å²) in [5.41, 5.74) is 2.17. The molecule has 0 unspecified atom stereocenters. The highest BCUT2D eigenvalue weighted by atomic mass is 35.5. The molecule has 0 spiro atoms. The van der Waals surface area contributed by atoms with Crippen molar-refractivity contribution in [3.05, 3.63) is 69.5 Å². The summed E-state index contributed by atoms with van der Waals surface area (Å²) in [4.78, 5) is 17.3. The van der Waals surface area contributed by atoms with E-state index in [0.717, 1.165) is 29.7 Å². The molecule has 126 valence electrons. The van der Waals surface area contributed by atoms with Gasteiger partial charge in [-0.2, -0.15) is 0 Å². The molecule has 1 aromatic heterocycles. The summed E-state index contributed by atoms with van der Waals surface area (Å²) in [5, 5.41) is 6.76. The van der Waals surface area contributed by atoms with E-state index >= 15 is 0 Å². The first kappa shape index (κ1) is 16.6. The third-order valence-electron chi connectivity index (χ3n) is 4.46. The molecule has 25 heavy (non-hydrogen) atoms. The summed E-state index contributed by atoms with van der Waals surface area (Å²) >= 11 is 13.6. The number of aromatic nitrogens is 1. The van der Waals surface area contributed by atoms with Gasteiger partial charge in [0.1, 0.15) is 0 Å². The summed E-state index contributed by atoms with van der Waals surface area (Å²) in [5.74, 6) is -0.0186. The molecule has 1 heterocycles. The Labute approximate surface area is 159 Å². The minimum Gasteiger partial charge on any atom is -0.301 e. The summed E-state index contributed by atoms with van der Waals surface area (Å²) in [6.07, 6.45) is 1.67. The van der Waals surface area contributed by atoms with Crippen molar-refractivity contribution in [1.29, 1.82) is 0 Å². The van der Waals surface area contributed by atoms with Crippen LogP contribution in [0.4, 0.5) is 5.13 Å². The molecule has 4 rings (SSSR count). The van der Waals surface area contributed by atoms with Crippen LogP contribution in [0.5, 0.6) is 0 Å². The fourth-order valence-corrected chi connectivity index (χ4v) is 3.95. The zero-order chi connectivity index (χ0) is 17.4. The number of carbonyl (C=O) groups excluding carboxylic acids is 1. The lowest BCUT2D eigenvalue weighted by Gasteiger charge is -2.14. The SMILES string of the molecule is O=C(Nc1nc(-c2ccccc2Cl)cs1)C1(c2ccc(Cl)cc2)CC1. The van der Waals surface area contributed by atoms with Crippen LogP contribution in [0.3, 0.4) is 0 Å². The van der Waals surface area contributed by atoms with Crippen LogP contribution in [0.15, 0.2) is 53.9 Å². The molecular weight excluding hydrogens is 375 g/mol. The van der Waals surface area contributed by atoms with E-state index < -0.39 is 5.41 Å². The predicted octanol–water partition coefficient (Wildman–Crippen LogP) is 5.79. The minimum absolute atomic E-state index is 0.0186. The van der Waals surface area contributed by atoms with Crippen LogP contribution in [0.2, 0.25) is 10.0 Å². The zero-order valence-electron chi connectivity index (χ0n) is 13.1. The van der Waals surface area contributed by atoms with Crippen molar-refractivity contribution in [1.82, 2.24) is 4.98 Å². The molecule has 0 atom stereocenters. The van der Waals surface area contributed by atoms with Crippen LogP contribution in [0.25, 0.3) is 11.3 Å². The molecule has 6 heteroatoms. The van der Waals surface area contributed by atoms with E-state index in [1.54, 1.807) is 0 Å². The number of hydrogen-bond donors (Lipinski definition) is 1. The first-order valence-corrected chi connectivity index (χ1v) is 9.50. The Morgan fingerprint density at radius 1 is 1.08 bits per heavy atom. The average Bonchev–Trinajstić information content (AvgIpc) is 3.30. The van der Waals surface area contributed by atoms with Crippen LogP contribution >= 0.6 is 34.5 Å². The molecule has 1 fully saturated rings. The summed E-state index contributed by atoms with van der Waals surface area (Å²) < 4.78 is 0. The normalized spacial score (nSPS) is 15.0. The highest BCUT2D eigenvalue weighted by Crippen LogP contribution is 2.49. The second-order valence-corrected chi connectivity index (χ2v) is 7.76. The summed E-state index contributed by atoms with van der Waals surface area (Å²) in [6, 6.07) is 15.0. The van der Waals surface area contributed by atoms with Crippen molar-refractivity contribution >= 4 is 45.6 Å². The quantitative estimate of drug-likeness (QED) is 0.614. The van der Waals surface area contributed by atoms with E-state index in [2.05, 4.69) is 10.3 Å². The largest absolute Gasteiger partial charge is 0.301 e. The van der Waals surface area contributed by atoms with Gasteiger partial charge in [-0.3, -0.25) is 4.79 Å². The lowest BCUT2D eigenvalue weighted by molar-refractivity contribution is -0.118. The number of carbonyl (C=O) groups is 1. The molecule has 1 amide bonds. The monoisotopic (exact) mass is 388 g/mol. The second-order valence-electron chi connectivity index (χ2n) is 6.06. The fourth-order valence-electron chi connectivity index (χ4n) is 2.88. The smallest absolute Gasteiger partial charge is 0.236 e. The lowest BCUT2D eigenvalue weighted by atomic mass is 9.95. The highest BCUT2D eigenvalue weighted by molar-refractivity contribution is 7.14. The van der Waals surface area contributed by atoms with Crippen molar-refractivity contribution in [2.75, 3.05) is 5.32 Å². The van der Waals surface area contributed by atoms with Crippen molar-refractivity contribution in [2.24, 2.45) is 0 Å². The van der Waals surface area contributed by atoms with Gasteiger partial charge in [-0.25, -0.2) is 4.98 Å². The molecule has 0 radical (unpaired) electrons. The Morgan fingerprint density at radius 3 is 2.48 bits per heavy atom. The average molecular weight is 389 g/mol. The maximum atomic E-state index is 12.8. The standard InChI is InChI=1S/C19H14Cl2N2OS/c20-13-7-5-12(6-8-13)19(9-10-19)17(24)23-18-22-16(11-25-18)14-3-1-2-4-15(14)21/h1-8,11H,9-10H2,(H,22,23,24). The number of rotatable bonds is 4. The number of amides is 1. The molecule has 1 aliphatic carbocycles. The molecule has 0 aliphatic heterocycles. The first-order chi connectivity index (χ1) is 12.1. The third kappa shape index (κ3) is 3.17. The first-order valence-electron chi connectivity index (χ1n) is 7.86. The van der Waals surface area contributed by atoms with Crippen LogP contribution < -0.4 is 5.32 Å². The van der Waals surface area contributed by atoms with Crippen molar-refractivity contribution in [3.63, 3.8) is 0 Å². The molecule has 1 aliphatic rings. The number of nitrogens with zero attached hydrogens (tertiary/aromatic N) is 1. The Kier molecular flexibility index (Phi) is 4.28. The summed E-state index contributed by atoms with van der Waals surface area (Å²) in [6.45, 7) is 0. The number of nitrogens with one attached hydrogen (secondary N) is 1. The Hall–Kier alpha value is -1.88. The number of benzene rings is 2. The van der Waals surface area contributed by atoms with Crippen molar-refractivity contribution in [2.45, 2.75) is 18.3 Å². The van der Waals surface area contributed by atoms with Crippen LogP contribution in [0, 0.1) is 0 Å². The van der Waals surface area contributed by atoms with E-state index in [1.807, 2.05) is 53.9 Å². The molecule has 3 nitrogen and oxygen atoms in total. The lowest BCUT2D eigenvalue weighted by Crippen LogP contribution is -2.27. The van der Waals surface area contributed by atoms with Gasteiger partial charge in [0.2, 0.25) is 5.91 Å². The maximum absolute atomic E-state index is 12.8. The van der Waals surface area contributed by atoms with E-state index in [-0.39, 0.29) is 5.91 Å². The summed E-state index contributed by atoms with van der Waals surface area (Å²) in [7, 11) is 0. The molecule has 0 bridgehead atoms. The van der Waals surface area contributed by atoms with Gasteiger partial charge in [0.25, 0.3) is 0 Å². The van der Waals surface area contributed by atoms with Crippen LogP contribution in [0.1, 0.15) is 18.4 Å². The molecule has 1 N–H and O–H groups in total. The van der Waals surface area contributed by atoms with E-state index in [0.29, 0.717) is 15.2 Å². The molecule has 2 aromatic carbocycles. The number of halogens is 2. The predicted molar refractivity (Wildman–Crippen MR) is 104 cm³/mol. The van der Waals surface area contributed by atoms with Gasteiger partial charge >= 0.3 is 0 Å². The van der Waals surface area contributed by atoms with E-state index in [1.165, 1.54) is 11.3 Å². The molecule has 3 aromatic rings. The molecule has 1 saturated carbocycles. The molecule has 0 saturated heterocycles. The Bertz CT molecular complexity index is 933. The maximum Gasteiger partial charge on any atom is 0.236 e. The van der Waals surface area contributed by atoms with E-state index in [9.17, 15) is 4.79 Å². The van der Waals surface area contributed by atoms with Gasteiger partial charge in [-0.1, -0.05) is 53.5 Å². The topological polar surface area (TPSA) is 42.0 Å². The highest BCUT2D eigenvalue weighted by Gasteiger charge is 2.51. The van der Waals surface area contributed by atoms with Crippen molar-refractivity contribution < 1.29 is 4.79 Å². The van der Waals surface area contributed by atoms with Crippen LogP contribution in [-0.2, 0) is 10.2 Å².